The zero-order valence-electron chi connectivity index (χ0n) is 33.3. The Morgan fingerprint density at radius 2 is 1.66 bits per heavy atom. The molecule has 1 fully saturated rings. The number of carbonyl (C=O) groups is 2. The van der Waals surface area contributed by atoms with Crippen LogP contribution in [0.4, 0.5) is 4.79 Å². The number of carboxylic acid groups (broad SMARTS) is 1. The Hall–Kier alpha value is -4.13. The van der Waals surface area contributed by atoms with Gasteiger partial charge in [0.2, 0.25) is 11.8 Å². The van der Waals surface area contributed by atoms with E-state index in [-0.39, 0.29) is 36.0 Å². The molecule has 2 aliphatic heterocycles. The second kappa shape index (κ2) is 17.2. The summed E-state index contributed by atoms with van der Waals surface area (Å²) in [5.74, 6) is 1.06. The molecule has 10 nitrogen and oxygen atoms in total. The van der Waals surface area contributed by atoms with Crippen LogP contribution in [0, 0.1) is 0 Å². The van der Waals surface area contributed by atoms with Crippen molar-refractivity contribution in [2.45, 2.75) is 77.3 Å². The maximum Gasteiger partial charge on any atom is 0.407 e. The predicted octanol–water partition coefficient (Wildman–Crippen LogP) is 9.55. The fourth-order valence-corrected chi connectivity index (χ4v) is 8.87. The molecule has 0 spiro atoms. The smallest absolute Gasteiger partial charge is 0.407 e. The number of pyridine rings is 1. The van der Waals surface area contributed by atoms with Crippen LogP contribution in [-0.2, 0) is 28.7 Å². The maximum atomic E-state index is 12.1. The zero-order chi connectivity index (χ0) is 40.4. The summed E-state index contributed by atoms with van der Waals surface area (Å²) >= 11 is 14.4. The van der Waals surface area contributed by atoms with Crippen molar-refractivity contribution in [1.82, 2.24) is 20.1 Å². The van der Waals surface area contributed by atoms with E-state index in [1.165, 1.54) is 23.1 Å². The molecule has 1 unspecified atom stereocenters. The van der Waals surface area contributed by atoms with Gasteiger partial charge < -0.3 is 29.2 Å². The summed E-state index contributed by atoms with van der Waals surface area (Å²) in [6.07, 6.45) is 0.788. The van der Waals surface area contributed by atoms with E-state index < -0.39 is 14.4 Å². The third-order valence-corrected chi connectivity index (χ3v) is 16.8. The monoisotopic (exact) mass is 818 g/mol. The number of methoxy groups -OCH3 is 2. The highest BCUT2D eigenvalue weighted by Crippen LogP contribution is 2.44. The molecule has 1 atom stereocenters. The van der Waals surface area contributed by atoms with E-state index >= 15 is 0 Å². The SMILES string of the molecule is COc1cc(-c2cccc(-c3cccc(-c4ccc(CN(CC5CCC(=O)N5)C(=O)O)c(OC)n4)c3Cl)c2Cl)cc2c1CN(CCO[Si](C)(C)C(C)(C)C)CC2. The van der Waals surface area contributed by atoms with Crippen molar-refractivity contribution in [1.29, 1.82) is 0 Å². The highest BCUT2D eigenvalue weighted by Gasteiger charge is 2.37. The van der Waals surface area contributed by atoms with E-state index in [4.69, 9.17) is 42.1 Å². The molecule has 13 heteroatoms. The topological polar surface area (TPSA) is 113 Å². The molecule has 3 aromatic carbocycles. The van der Waals surface area contributed by atoms with Gasteiger partial charge in [-0.25, -0.2) is 9.78 Å². The lowest BCUT2D eigenvalue weighted by atomic mass is 9.92. The van der Waals surface area contributed by atoms with Gasteiger partial charge in [-0.2, -0.15) is 0 Å². The van der Waals surface area contributed by atoms with Gasteiger partial charge in [0, 0.05) is 78.6 Å². The molecule has 298 valence electrons. The number of aromatic nitrogens is 1. The molecule has 0 saturated carbocycles. The molecule has 0 bridgehead atoms. The highest BCUT2D eigenvalue weighted by atomic mass is 35.5. The third kappa shape index (κ3) is 9.03. The quantitative estimate of drug-likeness (QED) is 0.128. The van der Waals surface area contributed by atoms with Crippen molar-refractivity contribution in [3.63, 3.8) is 0 Å². The van der Waals surface area contributed by atoms with E-state index in [1.54, 1.807) is 19.2 Å². The number of hydrogen-bond donors (Lipinski definition) is 2. The number of ether oxygens (including phenoxy) is 2. The highest BCUT2D eigenvalue weighted by molar-refractivity contribution is 6.74. The van der Waals surface area contributed by atoms with Gasteiger partial charge in [0.25, 0.3) is 0 Å². The number of halogens is 2. The first kappa shape index (κ1) is 41.5. The molecule has 0 radical (unpaired) electrons. The molecule has 0 aliphatic carbocycles. The lowest BCUT2D eigenvalue weighted by molar-refractivity contribution is -0.119. The van der Waals surface area contributed by atoms with Crippen molar-refractivity contribution in [2.24, 2.45) is 0 Å². The van der Waals surface area contributed by atoms with Gasteiger partial charge >= 0.3 is 6.09 Å². The van der Waals surface area contributed by atoms with Crippen LogP contribution in [0.3, 0.4) is 0 Å². The van der Waals surface area contributed by atoms with Crippen molar-refractivity contribution in [3.8, 4) is 45.1 Å². The Kier molecular flexibility index (Phi) is 12.7. The number of nitrogens with zero attached hydrogens (tertiary/aromatic N) is 3. The lowest BCUT2D eigenvalue weighted by Crippen LogP contribution is -2.43. The van der Waals surface area contributed by atoms with E-state index in [2.05, 4.69) is 56.2 Å². The molecule has 6 rings (SSSR count). The summed E-state index contributed by atoms with van der Waals surface area (Å²) < 4.78 is 18.1. The van der Waals surface area contributed by atoms with Crippen LogP contribution in [0.5, 0.6) is 11.6 Å². The van der Waals surface area contributed by atoms with Gasteiger partial charge in [0.1, 0.15) is 5.75 Å². The number of carbonyl (C=O) groups excluding carboxylic acids is 1. The number of rotatable bonds is 13. The average Bonchev–Trinajstić information content (AvgIpc) is 3.58. The Morgan fingerprint density at radius 1 is 0.982 bits per heavy atom. The van der Waals surface area contributed by atoms with Gasteiger partial charge in [-0.1, -0.05) is 86.4 Å². The first-order valence-corrected chi connectivity index (χ1v) is 22.7. The summed E-state index contributed by atoms with van der Waals surface area (Å²) in [7, 11) is 1.41. The van der Waals surface area contributed by atoms with Gasteiger partial charge in [-0.05, 0) is 60.3 Å². The van der Waals surface area contributed by atoms with Crippen LogP contribution in [0.15, 0.2) is 60.7 Å². The van der Waals surface area contributed by atoms with Crippen molar-refractivity contribution in [2.75, 3.05) is 40.5 Å². The van der Waals surface area contributed by atoms with Crippen LogP contribution in [-0.4, -0.2) is 86.7 Å². The minimum atomic E-state index is -1.81. The summed E-state index contributed by atoms with van der Waals surface area (Å²) in [6, 6.07) is 19.4. The normalized spacial score (nSPS) is 16.0. The number of amides is 2. The number of fused-ring (bicyclic) bond motifs is 1. The maximum absolute atomic E-state index is 12.1. The molecule has 2 aliphatic rings. The van der Waals surface area contributed by atoms with Crippen LogP contribution in [0.25, 0.3) is 33.5 Å². The Morgan fingerprint density at radius 3 is 2.29 bits per heavy atom. The Bertz CT molecular complexity index is 2090. The van der Waals surface area contributed by atoms with Crippen molar-refractivity contribution < 1.29 is 28.6 Å². The first-order chi connectivity index (χ1) is 26.6. The number of benzene rings is 3. The first-order valence-electron chi connectivity index (χ1n) is 19.1. The largest absolute Gasteiger partial charge is 0.496 e. The number of hydrogen-bond acceptors (Lipinski definition) is 7. The molecule has 2 N–H and O–H groups in total. The minimum absolute atomic E-state index is 0.0481. The molecule has 1 aromatic heterocycles. The van der Waals surface area contributed by atoms with E-state index in [9.17, 15) is 14.7 Å². The minimum Gasteiger partial charge on any atom is -0.496 e. The fraction of sp³-hybridized carbons (Fsp3) is 0.419. The molecular weight excluding hydrogens is 767 g/mol. The Labute approximate surface area is 341 Å². The van der Waals surface area contributed by atoms with Crippen LogP contribution < -0.4 is 14.8 Å². The van der Waals surface area contributed by atoms with Crippen LogP contribution in [0.2, 0.25) is 28.2 Å². The van der Waals surface area contributed by atoms with Crippen molar-refractivity contribution in [3.05, 3.63) is 87.4 Å². The zero-order valence-corrected chi connectivity index (χ0v) is 35.8. The van der Waals surface area contributed by atoms with Gasteiger partial charge in [-0.3, -0.25) is 9.69 Å². The van der Waals surface area contributed by atoms with Crippen LogP contribution >= 0.6 is 23.2 Å². The van der Waals surface area contributed by atoms with Gasteiger partial charge in [0.05, 0.1) is 36.5 Å². The molecule has 4 aromatic rings. The standard InChI is InChI=1S/C43H52Cl2N4O6Si/c1-43(2,3)56(6,7)55-21-20-48-19-18-27-22-29(23-37(53-4)35(27)26-48)31-10-8-11-32(39(31)44)33-12-9-13-34(40(33)45)36-16-14-28(41(47-36)54-5)24-49(42(51)52)25-30-15-17-38(50)46-30/h8-14,16,22-23,30H,15,17-21,24-26H2,1-7H3,(H,46,50)(H,51,52). The molecule has 56 heavy (non-hydrogen) atoms. The van der Waals surface area contributed by atoms with Gasteiger partial charge in [0.15, 0.2) is 8.32 Å². The van der Waals surface area contributed by atoms with E-state index in [0.717, 1.165) is 60.7 Å². The molecule has 2 amide bonds. The summed E-state index contributed by atoms with van der Waals surface area (Å²) in [5, 5.41) is 14.0. The van der Waals surface area contributed by atoms with E-state index in [1.807, 2.05) is 36.4 Å². The summed E-state index contributed by atoms with van der Waals surface area (Å²) in [5.41, 5.74) is 7.66. The molecule has 1 saturated heterocycles. The summed E-state index contributed by atoms with van der Waals surface area (Å²) in [6.45, 7) is 15.0. The second-order valence-corrected chi connectivity index (χ2v) is 21.7. The van der Waals surface area contributed by atoms with Crippen LogP contribution in [0.1, 0.15) is 50.3 Å². The van der Waals surface area contributed by atoms with E-state index in [0.29, 0.717) is 39.7 Å². The lowest BCUT2D eigenvalue weighted by Gasteiger charge is -2.37. The third-order valence-electron chi connectivity index (χ3n) is 11.4. The average molecular weight is 820 g/mol. The number of nitrogens with one attached hydrogen (secondary N) is 1. The van der Waals surface area contributed by atoms with Crippen molar-refractivity contribution >= 4 is 43.5 Å². The summed E-state index contributed by atoms with van der Waals surface area (Å²) in [4.78, 5) is 32.3. The fourth-order valence-electron chi connectivity index (χ4n) is 7.18. The Balaban J connectivity index is 1.23. The van der Waals surface area contributed by atoms with Gasteiger partial charge in [-0.15, -0.1) is 0 Å². The molecule has 3 heterocycles. The second-order valence-electron chi connectivity index (χ2n) is 16.1. The molecular formula is C43H52Cl2N4O6Si. The predicted molar refractivity (Wildman–Crippen MR) is 225 cm³/mol.